The van der Waals surface area contributed by atoms with Gasteiger partial charge in [0.2, 0.25) is 5.91 Å². The number of carbonyl (C=O) groups excluding carboxylic acids is 1. The number of amides is 1. The molecule has 4 rings (SSSR count). The highest BCUT2D eigenvalue weighted by molar-refractivity contribution is 7.91. The Morgan fingerprint density at radius 3 is 2.70 bits per heavy atom. The predicted octanol–water partition coefficient (Wildman–Crippen LogP) is 1.84. The number of likely N-dealkylation sites (N-methyl/N-ethyl adjacent to an activating group) is 1. The number of nitrogens with zero attached hydrogens (tertiary/aromatic N) is 1. The summed E-state index contributed by atoms with van der Waals surface area (Å²) >= 11 is 0. The second-order valence-corrected chi connectivity index (χ2v) is 9.03. The number of sulfone groups is 1. The maximum absolute atomic E-state index is 13.1. The maximum atomic E-state index is 13.1. The highest BCUT2D eigenvalue weighted by atomic mass is 32.2. The van der Waals surface area contributed by atoms with Crippen molar-refractivity contribution in [2.24, 2.45) is 0 Å². The molecule has 1 atom stereocenters. The Balaban J connectivity index is 1.65. The Morgan fingerprint density at radius 2 is 2.04 bits per heavy atom. The van der Waals surface area contributed by atoms with Crippen LogP contribution in [-0.4, -0.2) is 48.8 Å². The van der Waals surface area contributed by atoms with Crippen LogP contribution < -0.4 is 0 Å². The van der Waals surface area contributed by atoms with Gasteiger partial charge >= 0.3 is 0 Å². The van der Waals surface area contributed by atoms with E-state index < -0.39 is 15.3 Å². The molecule has 2 heterocycles. The molecule has 23 heavy (non-hydrogen) atoms. The summed E-state index contributed by atoms with van der Waals surface area (Å²) in [7, 11) is -1.23. The fraction of sp³-hybridized carbons (Fsp3) is 0.471. The minimum absolute atomic E-state index is 0.0596. The van der Waals surface area contributed by atoms with E-state index in [0.717, 1.165) is 29.3 Å². The Bertz CT molecular complexity index is 880. The second-order valence-electron chi connectivity index (χ2n) is 6.80. The van der Waals surface area contributed by atoms with Crippen LogP contribution in [0.4, 0.5) is 0 Å². The van der Waals surface area contributed by atoms with Crippen LogP contribution in [0.3, 0.4) is 0 Å². The lowest BCUT2D eigenvalue weighted by molar-refractivity contribution is -0.134. The molecule has 2 aliphatic rings. The number of benzene rings is 1. The third kappa shape index (κ3) is 2.27. The van der Waals surface area contributed by atoms with Gasteiger partial charge in [0.25, 0.3) is 0 Å². The van der Waals surface area contributed by atoms with Gasteiger partial charge in [-0.3, -0.25) is 4.79 Å². The van der Waals surface area contributed by atoms with Crippen LogP contribution in [0.15, 0.2) is 30.5 Å². The SMILES string of the molecule is CN(C(=O)C1(c2c[nH]c3ccccc23)CC1)C1CCS(=O)(=O)C1. The van der Waals surface area contributed by atoms with E-state index in [0.29, 0.717) is 6.42 Å². The first kappa shape index (κ1) is 14.8. The second kappa shape index (κ2) is 4.84. The molecule has 1 amide bonds. The zero-order chi connectivity index (χ0) is 16.2. The smallest absolute Gasteiger partial charge is 0.233 e. The van der Waals surface area contributed by atoms with E-state index >= 15 is 0 Å². The topological polar surface area (TPSA) is 70.2 Å². The van der Waals surface area contributed by atoms with Gasteiger partial charge in [0, 0.05) is 30.2 Å². The van der Waals surface area contributed by atoms with E-state index in [1.807, 2.05) is 30.5 Å². The summed E-state index contributed by atoms with van der Waals surface area (Å²) in [5, 5.41) is 1.09. The summed E-state index contributed by atoms with van der Waals surface area (Å²) in [6.07, 6.45) is 4.15. The highest BCUT2D eigenvalue weighted by Crippen LogP contribution is 2.52. The summed E-state index contributed by atoms with van der Waals surface area (Å²) in [5.74, 6) is 0.346. The van der Waals surface area contributed by atoms with E-state index in [2.05, 4.69) is 4.98 Å². The molecule has 2 aromatic rings. The normalized spacial score (nSPS) is 24.7. The lowest BCUT2D eigenvalue weighted by atomic mass is 9.93. The van der Waals surface area contributed by atoms with Crippen LogP contribution in [0.5, 0.6) is 0 Å². The van der Waals surface area contributed by atoms with E-state index in [1.54, 1.807) is 11.9 Å². The first-order valence-corrected chi connectivity index (χ1v) is 9.79. The minimum Gasteiger partial charge on any atom is -0.361 e. The number of carbonyl (C=O) groups is 1. The first-order valence-electron chi connectivity index (χ1n) is 7.97. The third-order valence-corrected chi connectivity index (χ3v) is 7.09. The number of H-pyrrole nitrogens is 1. The van der Waals surface area contributed by atoms with Gasteiger partial charge in [0.15, 0.2) is 9.84 Å². The molecule has 0 spiro atoms. The van der Waals surface area contributed by atoms with Crippen LogP contribution in [-0.2, 0) is 20.0 Å². The van der Waals surface area contributed by atoms with Crippen molar-refractivity contribution in [3.8, 4) is 0 Å². The number of para-hydroxylation sites is 1. The summed E-state index contributed by atoms with van der Waals surface area (Å²) in [6.45, 7) is 0. The summed E-state index contributed by atoms with van der Waals surface area (Å²) < 4.78 is 23.4. The van der Waals surface area contributed by atoms with Crippen LogP contribution in [0, 0.1) is 0 Å². The van der Waals surface area contributed by atoms with Crippen LogP contribution >= 0.6 is 0 Å². The molecule has 1 saturated carbocycles. The van der Waals surface area contributed by atoms with Gasteiger partial charge in [-0.15, -0.1) is 0 Å². The Morgan fingerprint density at radius 1 is 1.30 bits per heavy atom. The first-order chi connectivity index (χ1) is 10.9. The van der Waals surface area contributed by atoms with Crippen LogP contribution in [0.25, 0.3) is 10.9 Å². The molecule has 1 aliphatic heterocycles. The number of hydrogen-bond donors (Lipinski definition) is 1. The van der Waals surface area contributed by atoms with Gasteiger partial charge < -0.3 is 9.88 Å². The standard InChI is InChI=1S/C17H20N2O3S/c1-19(12-6-9-23(21,22)11-12)16(20)17(7-8-17)14-10-18-15-5-3-2-4-13(14)15/h2-5,10,12,18H,6-9,11H2,1H3. The summed E-state index contributed by atoms with van der Waals surface area (Å²) in [6, 6.07) is 7.81. The van der Waals surface area contributed by atoms with Crippen molar-refractivity contribution in [3.05, 3.63) is 36.0 Å². The van der Waals surface area contributed by atoms with Crippen molar-refractivity contribution < 1.29 is 13.2 Å². The summed E-state index contributed by atoms with van der Waals surface area (Å²) in [4.78, 5) is 18.0. The number of hydrogen-bond acceptors (Lipinski definition) is 3. The molecular formula is C17H20N2O3S. The molecule has 5 nitrogen and oxygen atoms in total. The van der Waals surface area contributed by atoms with Gasteiger partial charge in [-0.2, -0.15) is 0 Å². The van der Waals surface area contributed by atoms with Gasteiger partial charge in [0.1, 0.15) is 0 Å². The van der Waals surface area contributed by atoms with E-state index in [1.165, 1.54) is 0 Å². The van der Waals surface area contributed by atoms with Crippen LogP contribution in [0.2, 0.25) is 0 Å². The largest absolute Gasteiger partial charge is 0.361 e. The van der Waals surface area contributed by atoms with Crippen molar-refractivity contribution in [2.45, 2.75) is 30.7 Å². The van der Waals surface area contributed by atoms with Crippen molar-refractivity contribution in [1.82, 2.24) is 9.88 Å². The third-order valence-electron chi connectivity index (χ3n) is 5.34. The van der Waals surface area contributed by atoms with Crippen molar-refractivity contribution in [2.75, 3.05) is 18.6 Å². The van der Waals surface area contributed by atoms with Gasteiger partial charge in [-0.05, 0) is 30.9 Å². The molecule has 1 N–H and O–H groups in total. The molecule has 0 radical (unpaired) electrons. The average molecular weight is 332 g/mol. The molecule has 2 fully saturated rings. The quantitative estimate of drug-likeness (QED) is 0.932. The molecule has 1 saturated heterocycles. The molecule has 6 heteroatoms. The zero-order valence-electron chi connectivity index (χ0n) is 13.1. The van der Waals surface area contributed by atoms with E-state index in [4.69, 9.17) is 0 Å². The van der Waals surface area contributed by atoms with Gasteiger partial charge in [-0.1, -0.05) is 18.2 Å². The van der Waals surface area contributed by atoms with Gasteiger partial charge in [0.05, 0.1) is 16.9 Å². The number of fused-ring (bicyclic) bond motifs is 1. The molecule has 1 aromatic carbocycles. The number of nitrogens with one attached hydrogen (secondary N) is 1. The minimum atomic E-state index is -2.99. The fourth-order valence-electron chi connectivity index (χ4n) is 3.78. The monoisotopic (exact) mass is 332 g/mol. The van der Waals surface area contributed by atoms with E-state index in [-0.39, 0.29) is 23.5 Å². The fourth-order valence-corrected chi connectivity index (χ4v) is 5.55. The Hall–Kier alpha value is -1.82. The highest BCUT2D eigenvalue weighted by Gasteiger charge is 2.54. The molecule has 1 unspecified atom stereocenters. The van der Waals surface area contributed by atoms with Crippen molar-refractivity contribution in [1.29, 1.82) is 0 Å². The lowest BCUT2D eigenvalue weighted by Gasteiger charge is -2.28. The van der Waals surface area contributed by atoms with Gasteiger partial charge in [-0.25, -0.2) is 8.42 Å². The Labute approximate surface area is 135 Å². The molecule has 122 valence electrons. The molecule has 0 bridgehead atoms. The average Bonchev–Trinajstić information content (AvgIpc) is 3.08. The molecule has 1 aliphatic carbocycles. The number of aromatic amines is 1. The maximum Gasteiger partial charge on any atom is 0.233 e. The predicted molar refractivity (Wildman–Crippen MR) is 89.0 cm³/mol. The lowest BCUT2D eigenvalue weighted by Crippen LogP contribution is -2.43. The van der Waals surface area contributed by atoms with Crippen molar-refractivity contribution in [3.63, 3.8) is 0 Å². The molecular weight excluding hydrogens is 312 g/mol. The zero-order valence-corrected chi connectivity index (χ0v) is 13.9. The van der Waals surface area contributed by atoms with E-state index in [9.17, 15) is 13.2 Å². The Kier molecular flexibility index (Phi) is 3.10. The van der Waals surface area contributed by atoms with Crippen molar-refractivity contribution >= 4 is 26.6 Å². The number of rotatable bonds is 3. The van der Waals surface area contributed by atoms with Crippen LogP contribution in [0.1, 0.15) is 24.8 Å². The summed E-state index contributed by atoms with van der Waals surface area (Å²) in [5.41, 5.74) is 1.61. The molecule has 1 aromatic heterocycles. The number of aromatic nitrogens is 1.